The molecule has 1 nitrogen and oxygen atoms in total. The Morgan fingerprint density at radius 2 is 1.94 bits per heavy atom. The molecule has 80 valence electrons. The van der Waals surface area contributed by atoms with Crippen molar-refractivity contribution in [1.82, 2.24) is 0 Å². The molecule has 2 aromatic rings. The summed E-state index contributed by atoms with van der Waals surface area (Å²) in [6, 6.07) is 10.7. The number of fused-ring (bicyclic) bond motifs is 3. The molecule has 0 saturated heterocycles. The molecule has 1 aliphatic carbocycles. The van der Waals surface area contributed by atoms with Crippen LogP contribution in [0.25, 0.3) is 11.1 Å². The Labute approximate surface area is 93.7 Å². The summed E-state index contributed by atoms with van der Waals surface area (Å²) < 4.78 is 13.2. The van der Waals surface area contributed by atoms with Crippen LogP contribution in [-0.2, 0) is 0 Å². The van der Waals surface area contributed by atoms with Crippen LogP contribution in [0.4, 0.5) is 4.39 Å². The fourth-order valence-corrected chi connectivity index (χ4v) is 2.50. The topological polar surface area (TPSA) is 26.0 Å². The number of rotatable bonds is 0. The monoisotopic (exact) mass is 213 g/mol. The third kappa shape index (κ3) is 1.14. The summed E-state index contributed by atoms with van der Waals surface area (Å²) in [5.74, 6) is -0.223. The smallest absolute Gasteiger partial charge is 0.123 e. The third-order valence-corrected chi connectivity index (χ3v) is 3.26. The lowest BCUT2D eigenvalue weighted by atomic mass is 10.0. The summed E-state index contributed by atoms with van der Waals surface area (Å²) in [5, 5.41) is 0. The van der Waals surface area contributed by atoms with Crippen molar-refractivity contribution in [2.45, 2.75) is 13.0 Å². The molecule has 0 bridgehead atoms. The molecule has 0 fully saturated rings. The van der Waals surface area contributed by atoms with Gasteiger partial charge in [-0.3, -0.25) is 0 Å². The number of hydrogen-bond acceptors (Lipinski definition) is 1. The van der Waals surface area contributed by atoms with E-state index in [0.29, 0.717) is 0 Å². The molecule has 16 heavy (non-hydrogen) atoms. The highest BCUT2D eigenvalue weighted by atomic mass is 19.1. The Morgan fingerprint density at radius 1 is 1.12 bits per heavy atom. The van der Waals surface area contributed by atoms with Gasteiger partial charge in [-0.1, -0.05) is 24.3 Å². The zero-order valence-corrected chi connectivity index (χ0v) is 9.00. The predicted molar refractivity (Wildman–Crippen MR) is 62.6 cm³/mol. The van der Waals surface area contributed by atoms with Gasteiger partial charge in [-0.25, -0.2) is 4.39 Å². The van der Waals surface area contributed by atoms with Gasteiger partial charge in [0, 0.05) is 0 Å². The van der Waals surface area contributed by atoms with Crippen molar-refractivity contribution in [1.29, 1.82) is 0 Å². The molecule has 0 aliphatic heterocycles. The normalized spacial score (nSPS) is 17.1. The van der Waals surface area contributed by atoms with Crippen LogP contribution in [0, 0.1) is 12.7 Å². The van der Waals surface area contributed by atoms with Gasteiger partial charge in [0.05, 0.1) is 6.04 Å². The molecule has 1 atom stereocenters. The lowest BCUT2D eigenvalue weighted by Gasteiger charge is -2.06. The Bertz CT molecular complexity index is 575. The van der Waals surface area contributed by atoms with Gasteiger partial charge in [0.15, 0.2) is 0 Å². The molecule has 0 amide bonds. The van der Waals surface area contributed by atoms with E-state index in [0.717, 1.165) is 16.7 Å². The van der Waals surface area contributed by atoms with Crippen molar-refractivity contribution in [2.24, 2.45) is 5.73 Å². The van der Waals surface area contributed by atoms with Crippen LogP contribution >= 0.6 is 0 Å². The summed E-state index contributed by atoms with van der Waals surface area (Å²) >= 11 is 0. The number of halogens is 1. The average molecular weight is 213 g/mol. The second-order valence-electron chi connectivity index (χ2n) is 4.25. The predicted octanol–water partition coefficient (Wildman–Crippen LogP) is 3.16. The SMILES string of the molecule is Cc1cccc2c1-c1ccc(F)cc1C2N. The van der Waals surface area contributed by atoms with E-state index in [9.17, 15) is 4.39 Å². The van der Waals surface area contributed by atoms with Crippen molar-refractivity contribution in [3.63, 3.8) is 0 Å². The van der Waals surface area contributed by atoms with E-state index < -0.39 is 0 Å². The Balaban J connectivity index is 2.36. The molecule has 0 radical (unpaired) electrons. The first-order valence-electron chi connectivity index (χ1n) is 5.33. The van der Waals surface area contributed by atoms with Gasteiger partial charge in [0.2, 0.25) is 0 Å². The molecule has 0 heterocycles. The van der Waals surface area contributed by atoms with Crippen LogP contribution in [0.5, 0.6) is 0 Å². The molecule has 2 aromatic carbocycles. The van der Waals surface area contributed by atoms with Gasteiger partial charge in [0.25, 0.3) is 0 Å². The van der Waals surface area contributed by atoms with E-state index in [1.807, 2.05) is 18.2 Å². The van der Waals surface area contributed by atoms with Gasteiger partial charge in [-0.15, -0.1) is 0 Å². The van der Waals surface area contributed by atoms with Crippen LogP contribution in [0.2, 0.25) is 0 Å². The number of hydrogen-bond donors (Lipinski definition) is 1. The van der Waals surface area contributed by atoms with Gasteiger partial charge in [-0.2, -0.15) is 0 Å². The molecular weight excluding hydrogens is 201 g/mol. The maximum Gasteiger partial charge on any atom is 0.123 e. The van der Waals surface area contributed by atoms with Crippen LogP contribution in [0.1, 0.15) is 22.7 Å². The number of aryl methyl sites for hydroxylation is 1. The molecule has 2 N–H and O–H groups in total. The molecule has 0 aromatic heterocycles. The Morgan fingerprint density at radius 3 is 2.75 bits per heavy atom. The summed E-state index contributed by atoms with van der Waals surface area (Å²) in [6.07, 6.45) is 0. The maximum atomic E-state index is 13.2. The van der Waals surface area contributed by atoms with E-state index in [1.54, 1.807) is 6.07 Å². The standard InChI is InChI=1S/C14H12FN/c1-8-3-2-4-11-13(8)10-6-5-9(15)7-12(10)14(11)16/h2-7,14H,16H2,1H3. The summed E-state index contributed by atoms with van der Waals surface area (Å²) in [5.41, 5.74) is 11.6. The summed E-state index contributed by atoms with van der Waals surface area (Å²) in [7, 11) is 0. The van der Waals surface area contributed by atoms with Gasteiger partial charge in [0.1, 0.15) is 5.82 Å². The minimum absolute atomic E-state index is 0.194. The molecule has 1 unspecified atom stereocenters. The molecule has 1 aliphatic rings. The fraction of sp³-hybridized carbons (Fsp3) is 0.143. The van der Waals surface area contributed by atoms with Crippen molar-refractivity contribution in [2.75, 3.05) is 0 Å². The Hall–Kier alpha value is -1.67. The minimum atomic E-state index is -0.223. The highest BCUT2D eigenvalue weighted by molar-refractivity contribution is 5.80. The zero-order chi connectivity index (χ0) is 11.3. The fourth-order valence-electron chi connectivity index (χ4n) is 2.50. The van der Waals surface area contributed by atoms with E-state index in [-0.39, 0.29) is 11.9 Å². The molecule has 0 saturated carbocycles. The molecule has 2 heteroatoms. The van der Waals surface area contributed by atoms with Crippen LogP contribution in [0.3, 0.4) is 0 Å². The van der Waals surface area contributed by atoms with Crippen LogP contribution in [-0.4, -0.2) is 0 Å². The Kier molecular flexibility index (Phi) is 1.88. The highest BCUT2D eigenvalue weighted by Crippen LogP contribution is 2.43. The number of nitrogens with two attached hydrogens (primary N) is 1. The van der Waals surface area contributed by atoms with Crippen molar-refractivity contribution in [3.8, 4) is 11.1 Å². The summed E-state index contributed by atoms with van der Waals surface area (Å²) in [4.78, 5) is 0. The van der Waals surface area contributed by atoms with Crippen LogP contribution < -0.4 is 5.73 Å². The molecule has 3 rings (SSSR count). The van der Waals surface area contributed by atoms with E-state index in [4.69, 9.17) is 5.73 Å². The lowest BCUT2D eigenvalue weighted by Crippen LogP contribution is -2.08. The average Bonchev–Trinajstić information content (AvgIpc) is 2.55. The zero-order valence-electron chi connectivity index (χ0n) is 9.00. The van der Waals surface area contributed by atoms with Gasteiger partial charge in [-0.05, 0) is 46.9 Å². The van der Waals surface area contributed by atoms with E-state index >= 15 is 0 Å². The first-order chi connectivity index (χ1) is 7.68. The minimum Gasteiger partial charge on any atom is -0.320 e. The highest BCUT2D eigenvalue weighted by Gasteiger charge is 2.26. The van der Waals surface area contributed by atoms with Crippen molar-refractivity contribution < 1.29 is 4.39 Å². The van der Waals surface area contributed by atoms with Crippen molar-refractivity contribution in [3.05, 3.63) is 58.9 Å². The summed E-state index contributed by atoms with van der Waals surface area (Å²) in [6.45, 7) is 2.06. The quantitative estimate of drug-likeness (QED) is 0.714. The van der Waals surface area contributed by atoms with Gasteiger partial charge < -0.3 is 5.73 Å². The number of benzene rings is 2. The van der Waals surface area contributed by atoms with E-state index in [2.05, 4.69) is 13.0 Å². The van der Waals surface area contributed by atoms with Crippen molar-refractivity contribution >= 4 is 0 Å². The maximum absolute atomic E-state index is 13.2. The van der Waals surface area contributed by atoms with E-state index in [1.165, 1.54) is 17.2 Å². The second kappa shape index (κ2) is 3.16. The molecular formula is C14H12FN. The first-order valence-corrected chi connectivity index (χ1v) is 5.33. The first kappa shape index (κ1) is 9.55. The third-order valence-electron chi connectivity index (χ3n) is 3.26. The molecule has 0 spiro atoms. The second-order valence-corrected chi connectivity index (χ2v) is 4.25. The lowest BCUT2D eigenvalue weighted by molar-refractivity contribution is 0.624. The van der Waals surface area contributed by atoms with Gasteiger partial charge >= 0.3 is 0 Å². The van der Waals surface area contributed by atoms with Crippen LogP contribution in [0.15, 0.2) is 36.4 Å². The largest absolute Gasteiger partial charge is 0.320 e.